The number of nitrogens with zero attached hydrogens (tertiary/aromatic N) is 1. The van der Waals surface area contributed by atoms with Gasteiger partial charge >= 0.3 is 0 Å². The SMILES string of the molecule is Clc1ccc(-c2ccc(CNc3ccc(N4CCOCC4)c(Cl)c3)o2)c(Cl)c1. The zero-order valence-electron chi connectivity index (χ0n) is 15.1. The molecular weight excluding hydrogens is 419 g/mol. The van der Waals surface area contributed by atoms with E-state index < -0.39 is 0 Å². The Bertz CT molecular complexity index is 968. The van der Waals surface area contributed by atoms with E-state index in [4.69, 9.17) is 44.0 Å². The second-order valence-electron chi connectivity index (χ2n) is 6.51. The maximum Gasteiger partial charge on any atom is 0.135 e. The summed E-state index contributed by atoms with van der Waals surface area (Å²) in [7, 11) is 0. The fourth-order valence-corrected chi connectivity index (χ4v) is 3.98. The van der Waals surface area contributed by atoms with Gasteiger partial charge in [0.15, 0.2) is 0 Å². The highest BCUT2D eigenvalue weighted by molar-refractivity contribution is 6.36. The summed E-state index contributed by atoms with van der Waals surface area (Å²) in [5, 5.41) is 5.23. The minimum absolute atomic E-state index is 0.540. The van der Waals surface area contributed by atoms with E-state index in [1.165, 1.54) is 0 Å². The smallest absolute Gasteiger partial charge is 0.135 e. The van der Waals surface area contributed by atoms with Crippen molar-refractivity contribution >= 4 is 46.2 Å². The molecule has 0 amide bonds. The summed E-state index contributed by atoms with van der Waals surface area (Å²) in [5.41, 5.74) is 2.79. The molecule has 3 aromatic rings. The fraction of sp³-hybridized carbons (Fsp3) is 0.238. The number of hydrogen-bond donors (Lipinski definition) is 1. The Labute approximate surface area is 178 Å². The van der Waals surface area contributed by atoms with Crippen molar-refractivity contribution in [2.24, 2.45) is 0 Å². The minimum Gasteiger partial charge on any atom is -0.459 e. The second-order valence-corrected chi connectivity index (χ2v) is 7.76. The Kier molecular flexibility index (Phi) is 6.02. The molecule has 1 N–H and O–H groups in total. The van der Waals surface area contributed by atoms with Gasteiger partial charge in [0, 0.05) is 29.4 Å². The first kappa shape index (κ1) is 19.5. The molecule has 1 aliphatic rings. The third-order valence-corrected chi connectivity index (χ3v) is 5.47. The minimum atomic E-state index is 0.540. The van der Waals surface area contributed by atoms with Crippen LogP contribution in [0, 0.1) is 0 Å². The van der Waals surface area contributed by atoms with Crippen LogP contribution in [0.4, 0.5) is 11.4 Å². The average Bonchev–Trinajstić information content (AvgIpc) is 3.16. The summed E-state index contributed by atoms with van der Waals surface area (Å²) < 4.78 is 11.3. The van der Waals surface area contributed by atoms with Gasteiger partial charge in [-0.3, -0.25) is 0 Å². The van der Waals surface area contributed by atoms with Crippen LogP contribution in [0.25, 0.3) is 11.3 Å². The Morgan fingerprint density at radius 1 is 0.893 bits per heavy atom. The molecule has 1 aromatic heterocycles. The third kappa shape index (κ3) is 4.41. The molecule has 4 nitrogen and oxygen atoms in total. The van der Waals surface area contributed by atoms with Crippen molar-refractivity contribution in [2.75, 3.05) is 36.5 Å². The molecule has 1 saturated heterocycles. The Hall–Kier alpha value is -1.85. The van der Waals surface area contributed by atoms with Gasteiger partial charge in [0.2, 0.25) is 0 Å². The predicted octanol–water partition coefficient (Wildman–Crippen LogP) is 6.36. The molecule has 4 rings (SSSR count). The zero-order chi connectivity index (χ0) is 19.5. The molecule has 0 unspecified atom stereocenters. The predicted molar refractivity (Wildman–Crippen MR) is 116 cm³/mol. The summed E-state index contributed by atoms with van der Waals surface area (Å²) in [6.45, 7) is 3.71. The highest BCUT2D eigenvalue weighted by Gasteiger charge is 2.14. The highest BCUT2D eigenvalue weighted by atomic mass is 35.5. The number of rotatable bonds is 5. The molecule has 146 valence electrons. The van der Waals surface area contributed by atoms with Crippen LogP contribution in [0.2, 0.25) is 15.1 Å². The van der Waals surface area contributed by atoms with E-state index in [1.54, 1.807) is 12.1 Å². The van der Waals surface area contributed by atoms with E-state index in [0.717, 1.165) is 54.0 Å². The van der Waals surface area contributed by atoms with Gasteiger partial charge in [0.1, 0.15) is 11.5 Å². The average molecular weight is 438 g/mol. The van der Waals surface area contributed by atoms with Crippen molar-refractivity contribution in [1.29, 1.82) is 0 Å². The first-order valence-electron chi connectivity index (χ1n) is 9.00. The van der Waals surface area contributed by atoms with Gasteiger partial charge in [0.25, 0.3) is 0 Å². The number of furan rings is 1. The van der Waals surface area contributed by atoms with Crippen molar-refractivity contribution in [3.8, 4) is 11.3 Å². The molecule has 2 aromatic carbocycles. The van der Waals surface area contributed by atoms with Gasteiger partial charge < -0.3 is 19.4 Å². The van der Waals surface area contributed by atoms with Crippen LogP contribution >= 0.6 is 34.8 Å². The van der Waals surface area contributed by atoms with E-state index in [0.29, 0.717) is 22.4 Å². The number of nitrogens with one attached hydrogen (secondary N) is 1. The summed E-state index contributed by atoms with van der Waals surface area (Å²) >= 11 is 18.7. The maximum absolute atomic E-state index is 6.49. The van der Waals surface area contributed by atoms with Crippen molar-refractivity contribution in [2.45, 2.75) is 6.54 Å². The molecule has 0 saturated carbocycles. The molecule has 0 aliphatic carbocycles. The molecule has 1 aliphatic heterocycles. The van der Waals surface area contributed by atoms with Crippen LogP contribution in [0.3, 0.4) is 0 Å². The van der Waals surface area contributed by atoms with E-state index in [1.807, 2.05) is 36.4 Å². The molecule has 0 atom stereocenters. The van der Waals surface area contributed by atoms with Crippen LogP contribution in [-0.4, -0.2) is 26.3 Å². The van der Waals surface area contributed by atoms with Gasteiger partial charge in [-0.1, -0.05) is 34.8 Å². The molecule has 28 heavy (non-hydrogen) atoms. The molecule has 0 spiro atoms. The van der Waals surface area contributed by atoms with Gasteiger partial charge in [-0.15, -0.1) is 0 Å². The summed E-state index contributed by atoms with van der Waals surface area (Å²) in [5.74, 6) is 1.51. The van der Waals surface area contributed by atoms with Crippen molar-refractivity contribution < 1.29 is 9.15 Å². The van der Waals surface area contributed by atoms with Crippen LogP contribution in [0.5, 0.6) is 0 Å². The Balaban J connectivity index is 1.42. The maximum atomic E-state index is 6.49. The van der Waals surface area contributed by atoms with Crippen molar-refractivity contribution in [1.82, 2.24) is 0 Å². The standard InChI is InChI=1S/C21H19Cl3N2O2/c22-14-1-4-17(18(23)11-14)21-6-3-16(28-21)13-25-15-2-5-20(19(24)12-15)26-7-9-27-10-8-26/h1-6,11-12,25H,7-10,13H2. The van der Waals surface area contributed by atoms with Gasteiger partial charge in [-0.05, 0) is 48.5 Å². The third-order valence-electron chi connectivity index (χ3n) is 4.62. The van der Waals surface area contributed by atoms with Crippen LogP contribution in [0.1, 0.15) is 5.76 Å². The zero-order valence-corrected chi connectivity index (χ0v) is 17.3. The topological polar surface area (TPSA) is 37.6 Å². The summed E-state index contributed by atoms with van der Waals surface area (Å²) in [6, 6.07) is 15.2. The molecule has 2 heterocycles. The highest BCUT2D eigenvalue weighted by Crippen LogP contribution is 2.32. The van der Waals surface area contributed by atoms with E-state index in [2.05, 4.69) is 10.2 Å². The monoisotopic (exact) mass is 436 g/mol. The second kappa shape index (κ2) is 8.66. The van der Waals surface area contributed by atoms with Gasteiger partial charge in [0.05, 0.1) is 35.5 Å². The van der Waals surface area contributed by atoms with Gasteiger partial charge in [-0.2, -0.15) is 0 Å². The molecule has 7 heteroatoms. The largest absolute Gasteiger partial charge is 0.459 e. The Morgan fingerprint density at radius 2 is 1.71 bits per heavy atom. The first-order chi connectivity index (χ1) is 13.6. The molecular formula is C21H19Cl3N2O2. The van der Waals surface area contributed by atoms with Crippen LogP contribution in [0.15, 0.2) is 52.9 Å². The number of anilines is 2. The number of benzene rings is 2. The summed E-state index contributed by atoms with van der Waals surface area (Å²) in [4.78, 5) is 2.24. The van der Waals surface area contributed by atoms with Crippen molar-refractivity contribution in [3.63, 3.8) is 0 Å². The van der Waals surface area contributed by atoms with E-state index in [9.17, 15) is 0 Å². The summed E-state index contributed by atoms with van der Waals surface area (Å²) in [6.07, 6.45) is 0. The van der Waals surface area contributed by atoms with E-state index >= 15 is 0 Å². The van der Waals surface area contributed by atoms with Gasteiger partial charge in [-0.25, -0.2) is 0 Å². The number of morpholine rings is 1. The number of halogens is 3. The molecule has 0 bridgehead atoms. The lowest BCUT2D eigenvalue weighted by atomic mass is 10.2. The molecule has 1 fully saturated rings. The first-order valence-corrected chi connectivity index (χ1v) is 10.1. The lowest BCUT2D eigenvalue weighted by Crippen LogP contribution is -2.36. The number of hydrogen-bond acceptors (Lipinski definition) is 4. The van der Waals surface area contributed by atoms with E-state index in [-0.39, 0.29) is 0 Å². The van der Waals surface area contributed by atoms with Crippen LogP contribution < -0.4 is 10.2 Å². The Morgan fingerprint density at radius 3 is 2.46 bits per heavy atom. The molecule has 0 radical (unpaired) electrons. The number of ether oxygens (including phenoxy) is 1. The lowest BCUT2D eigenvalue weighted by molar-refractivity contribution is 0.122. The lowest BCUT2D eigenvalue weighted by Gasteiger charge is -2.29. The van der Waals surface area contributed by atoms with Crippen molar-refractivity contribution in [3.05, 3.63) is 69.4 Å². The van der Waals surface area contributed by atoms with Crippen LogP contribution in [-0.2, 0) is 11.3 Å². The quantitative estimate of drug-likeness (QED) is 0.504. The fourth-order valence-electron chi connectivity index (χ4n) is 3.17. The normalized spacial score (nSPS) is 14.3.